The maximum Gasteiger partial charge on any atom is 0.212 e. The van der Waals surface area contributed by atoms with Gasteiger partial charge in [-0.3, -0.25) is 0 Å². The first-order valence-corrected chi connectivity index (χ1v) is 6.26. The molecule has 18 heavy (non-hydrogen) atoms. The Balaban J connectivity index is 2.30. The van der Waals surface area contributed by atoms with Crippen molar-refractivity contribution >= 4 is 26.7 Å². The van der Waals surface area contributed by atoms with Crippen molar-refractivity contribution in [2.45, 2.75) is 0 Å². The third kappa shape index (κ3) is 1.71. The minimum absolute atomic E-state index is 0.364. The van der Waals surface area contributed by atoms with E-state index in [0.29, 0.717) is 5.76 Å². The van der Waals surface area contributed by atoms with E-state index in [4.69, 9.17) is 9.68 Å². The number of benzene rings is 2. The van der Waals surface area contributed by atoms with Crippen molar-refractivity contribution in [1.29, 1.82) is 5.26 Å². The number of hydrogen-bond donors (Lipinski definition) is 0. The molecule has 3 heteroatoms. The average Bonchev–Trinajstić information content (AvgIpc) is 2.79. The van der Waals surface area contributed by atoms with Crippen molar-refractivity contribution in [1.82, 2.24) is 0 Å². The lowest BCUT2D eigenvalue weighted by molar-refractivity contribution is 0.572. The van der Waals surface area contributed by atoms with Crippen LogP contribution in [0.3, 0.4) is 0 Å². The molecule has 0 spiro atoms. The van der Waals surface area contributed by atoms with E-state index in [1.165, 1.54) is 0 Å². The second-order valence-corrected chi connectivity index (χ2v) is 4.84. The van der Waals surface area contributed by atoms with Crippen LogP contribution in [0.25, 0.3) is 22.1 Å². The van der Waals surface area contributed by atoms with Gasteiger partial charge in [-0.1, -0.05) is 46.3 Å². The molecular formula is C15H8BrNO. The summed E-state index contributed by atoms with van der Waals surface area (Å²) in [5, 5.41) is 10.9. The second-order valence-electron chi connectivity index (χ2n) is 3.92. The Bertz CT molecular complexity index is 750. The number of hydrogen-bond acceptors (Lipinski definition) is 2. The highest BCUT2D eigenvalue weighted by Gasteiger charge is 2.13. The van der Waals surface area contributed by atoms with E-state index in [2.05, 4.69) is 22.0 Å². The van der Waals surface area contributed by atoms with Crippen LogP contribution < -0.4 is 0 Å². The highest BCUT2D eigenvalue weighted by atomic mass is 79.9. The maximum absolute atomic E-state index is 9.09. The van der Waals surface area contributed by atoms with Gasteiger partial charge in [0.1, 0.15) is 11.8 Å². The Labute approximate surface area is 113 Å². The molecule has 86 valence electrons. The predicted molar refractivity (Wildman–Crippen MR) is 74.1 cm³/mol. The van der Waals surface area contributed by atoms with Gasteiger partial charge in [0.05, 0.1) is 0 Å². The average molecular weight is 298 g/mol. The zero-order valence-electron chi connectivity index (χ0n) is 9.35. The van der Waals surface area contributed by atoms with E-state index < -0.39 is 0 Å². The van der Waals surface area contributed by atoms with Crippen molar-refractivity contribution in [3.05, 3.63) is 58.8 Å². The van der Waals surface area contributed by atoms with Gasteiger partial charge >= 0.3 is 0 Å². The number of nitrogens with zero attached hydrogens (tertiary/aromatic N) is 1. The van der Waals surface area contributed by atoms with Crippen LogP contribution in [0.4, 0.5) is 0 Å². The van der Waals surface area contributed by atoms with Crippen molar-refractivity contribution in [3.8, 4) is 17.4 Å². The Morgan fingerprint density at radius 2 is 1.61 bits per heavy atom. The summed E-state index contributed by atoms with van der Waals surface area (Å²) in [5.74, 6) is 1.11. The summed E-state index contributed by atoms with van der Waals surface area (Å²) >= 11 is 3.40. The molecule has 0 fully saturated rings. The molecule has 0 aliphatic heterocycles. The van der Waals surface area contributed by atoms with Gasteiger partial charge in [-0.05, 0) is 18.2 Å². The standard InChI is InChI=1S/C15H8BrNO/c16-11-7-5-10(6-8-11)15-13-4-2-1-3-12(13)14(9-17)18-15/h1-8H. The molecule has 1 heterocycles. The normalized spacial score (nSPS) is 10.4. The summed E-state index contributed by atoms with van der Waals surface area (Å²) in [5.41, 5.74) is 0.968. The van der Waals surface area contributed by atoms with Gasteiger partial charge in [-0.2, -0.15) is 5.26 Å². The van der Waals surface area contributed by atoms with E-state index in [-0.39, 0.29) is 0 Å². The van der Waals surface area contributed by atoms with Crippen molar-refractivity contribution in [3.63, 3.8) is 0 Å². The summed E-state index contributed by atoms with van der Waals surface area (Å²) in [6.07, 6.45) is 0. The van der Waals surface area contributed by atoms with Crippen LogP contribution in [0.2, 0.25) is 0 Å². The smallest absolute Gasteiger partial charge is 0.212 e. The van der Waals surface area contributed by atoms with Crippen molar-refractivity contribution in [2.75, 3.05) is 0 Å². The van der Waals surface area contributed by atoms with Crippen LogP contribution in [0.5, 0.6) is 0 Å². The molecule has 3 rings (SSSR count). The number of rotatable bonds is 1. The number of nitriles is 1. The summed E-state index contributed by atoms with van der Waals surface area (Å²) in [6.45, 7) is 0. The fourth-order valence-corrected chi connectivity index (χ4v) is 2.25. The molecule has 0 amide bonds. The molecule has 2 aromatic carbocycles. The van der Waals surface area contributed by atoms with Gasteiger partial charge < -0.3 is 4.42 Å². The van der Waals surface area contributed by atoms with Gasteiger partial charge in [-0.15, -0.1) is 0 Å². The van der Waals surface area contributed by atoms with Crippen molar-refractivity contribution < 1.29 is 4.42 Å². The first-order valence-electron chi connectivity index (χ1n) is 5.47. The third-order valence-electron chi connectivity index (χ3n) is 2.83. The van der Waals surface area contributed by atoms with E-state index >= 15 is 0 Å². The largest absolute Gasteiger partial charge is 0.444 e. The Hall–Kier alpha value is -2.05. The molecule has 2 nitrogen and oxygen atoms in total. The van der Waals surface area contributed by atoms with Gasteiger partial charge in [-0.25, -0.2) is 0 Å². The number of halogens is 1. The number of fused-ring (bicyclic) bond motifs is 1. The van der Waals surface area contributed by atoms with E-state index in [9.17, 15) is 0 Å². The maximum atomic E-state index is 9.09. The van der Waals surface area contributed by atoms with Gasteiger partial charge in [0, 0.05) is 20.8 Å². The fourth-order valence-electron chi connectivity index (χ4n) is 1.99. The van der Waals surface area contributed by atoms with Crippen LogP contribution in [0, 0.1) is 11.3 Å². The Morgan fingerprint density at radius 3 is 2.28 bits per heavy atom. The van der Waals surface area contributed by atoms with Crippen LogP contribution >= 0.6 is 15.9 Å². The monoisotopic (exact) mass is 297 g/mol. The molecule has 0 bridgehead atoms. The van der Waals surface area contributed by atoms with Gasteiger partial charge in [0.25, 0.3) is 0 Å². The summed E-state index contributed by atoms with van der Waals surface area (Å²) in [4.78, 5) is 0. The molecular weight excluding hydrogens is 290 g/mol. The highest BCUT2D eigenvalue weighted by Crippen LogP contribution is 2.33. The lowest BCUT2D eigenvalue weighted by Crippen LogP contribution is -1.74. The third-order valence-corrected chi connectivity index (χ3v) is 3.36. The molecule has 0 aliphatic rings. The molecule has 0 atom stereocenters. The zero-order chi connectivity index (χ0) is 12.5. The zero-order valence-corrected chi connectivity index (χ0v) is 10.9. The quantitative estimate of drug-likeness (QED) is 0.651. The molecule has 0 unspecified atom stereocenters. The highest BCUT2D eigenvalue weighted by molar-refractivity contribution is 9.10. The molecule has 0 saturated carbocycles. The molecule has 0 aliphatic carbocycles. The molecule has 0 saturated heterocycles. The van der Waals surface area contributed by atoms with Gasteiger partial charge in [0.2, 0.25) is 5.76 Å². The van der Waals surface area contributed by atoms with Gasteiger partial charge in [0.15, 0.2) is 0 Å². The van der Waals surface area contributed by atoms with E-state index in [1.807, 2.05) is 48.5 Å². The minimum Gasteiger partial charge on any atom is -0.444 e. The van der Waals surface area contributed by atoms with Crippen LogP contribution in [0.15, 0.2) is 57.4 Å². The fraction of sp³-hybridized carbons (Fsp3) is 0. The molecule has 3 aromatic rings. The first kappa shape index (κ1) is 11.1. The summed E-state index contributed by atoms with van der Waals surface area (Å²) in [6, 6.07) is 17.7. The summed E-state index contributed by atoms with van der Waals surface area (Å²) in [7, 11) is 0. The predicted octanol–water partition coefficient (Wildman–Crippen LogP) is 4.73. The number of furan rings is 1. The molecule has 0 N–H and O–H groups in total. The SMILES string of the molecule is N#Cc1oc(-c2ccc(Br)cc2)c2ccccc12. The van der Waals surface area contributed by atoms with Crippen LogP contribution in [-0.2, 0) is 0 Å². The van der Waals surface area contributed by atoms with Crippen LogP contribution in [-0.4, -0.2) is 0 Å². The summed E-state index contributed by atoms with van der Waals surface area (Å²) < 4.78 is 6.68. The lowest BCUT2D eigenvalue weighted by atomic mass is 10.1. The minimum atomic E-state index is 0.364. The Kier molecular flexibility index (Phi) is 2.66. The first-order chi connectivity index (χ1) is 8.79. The lowest BCUT2D eigenvalue weighted by Gasteiger charge is -1.98. The Morgan fingerprint density at radius 1 is 0.944 bits per heavy atom. The van der Waals surface area contributed by atoms with E-state index in [1.54, 1.807) is 0 Å². The molecule has 1 aromatic heterocycles. The second kappa shape index (κ2) is 4.32. The van der Waals surface area contributed by atoms with Crippen molar-refractivity contribution in [2.24, 2.45) is 0 Å². The topological polar surface area (TPSA) is 36.9 Å². The van der Waals surface area contributed by atoms with E-state index in [0.717, 1.165) is 26.6 Å². The molecule has 0 radical (unpaired) electrons. The van der Waals surface area contributed by atoms with Crippen LogP contribution in [0.1, 0.15) is 5.76 Å².